The van der Waals surface area contributed by atoms with Gasteiger partial charge in [0.2, 0.25) is 0 Å². The lowest BCUT2D eigenvalue weighted by atomic mass is 10.0. The number of aryl methyl sites for hydroxylation is 1. The van der Waals surface area contributed by atoms with Crippen LogP contribution in [0.25, 0.3) is 0 Å². The molecule has 2 nitrogen and oxygen atoms in total. The predicted octanol–water partition coefficient (Wildman–Crippen LogP) is 4.50. The lowest BCUT2D eigenvalue weighted by Gasteiger charge is -2.17. The quantitative estimate of drug-likeness (QED) is 0.879. The molecule has 0 bridgehead atoms. The molecule has 0 aliphatic heterocycles. The third-order valence-electron chi connectivity index (χ3n) is 2.71. The van der Waals surface area contributed by atoms with Gasteiger partial charge >= 0.3 is 0 Å². The van der Waals surface area contributed by atoms with Crippen LogP contribution in [0, 0.1) is 6.92 Å². The molecule has 0 spiro atoms. The number of hydrogen-bond donors (Lipinski definition) is 1. The van der Waals surface area contributed by atoms with Crippen molar-refractivity contribution in [2.24, 2.45) is 0 Å². The fourth-order valence-corrected chi connectivity index (χ4v) is 3.12. The first-order valence-electron chi connectivity index (χ1n) is 5.73. The summed E-state index contributed by atoms with van der Waals surface area (Å²) >= 11 is 5.27. The Balaban J connectivity index is 2.32. The molecule has 0 radical (unpaired) electrons. The third kappa shape index (κ3) is 2.81. The van der Waals surface area contributed by atoms with Crippen LogP contribution in [0.5, 0.6) is 0 Å². The van der Waals surface area contributed by atoms with Crippen LogP contribution in [-0.2, 0) is 0 Å². The van der Waals surface area contributed by atoms with E-state index in [0.29, 0.717) is 0 Å². The standard InChI is InChI=1S/C13H16BrNOS/c1-3-5-15-12(10-8-17-7-9(10)2)13-11(14)4-6-16-13/h4,6-8,12,15H,3,5H2,1-2H3. The molecule has 0 aliphatic rings. The zero-order valence-corrected chi connectivity index (χ0v) is 12.4. The van der Waals surface area contributed by atoms with E-state index in [2.05, 4.69) is 45.9 Å². The van der Waals surface area contributed by atoms with E-state index >= 15 is 0 Å². The SMILES string of the molecule is CCCNC(c1cscc1C)c1occc1Br. The minimum absolute atomic E-state index is 0.144. The van der Waals surface area contributed by atoms with Crippen molar-refractivity contribution in [2.45, 2.75) is 26.3 Å². The molecule has 2 rings (SSSR count). The molecule has 17 heavy (non-hydrogen) atoms. The second kappa shape index (κ2) is 5.85. The number of rotatable bonds is 5. The molecule has 4 heteroatoms. The van der Waals surface area contributed by atoms with Gasteiger partial charge in [0, 0.05) is 0 Å². The summed E-state index contributed by atoms with van der Waals surface area (Å²) in [4.78, 5) is 0. The minimum atomic E-state index is 0.144. The van der Waals surface area contributed by atoms with Gasteiger partial charge in [0.05, 0.1) is 16.8 Å². The Kier molecular flexibility index (Phi) is 4.42. The molecular formula is C13H16BrNOS. The average Bonchev–Trinajstić information content (AvgIpc) is 2.90. The Bertz CT molecular complexity index is 437. The van der Waals surface area contributed by atoms with Crippen molar-refractivity contribution in [2.75, 3.05) is 6.54 Å². The molecule has 1 unspecified atom stereocenters. The van der Waals surface area contributed by atoms with Gasteiger partial charge in [0.1, 0.15) is 5.76 Å². The van der Waals surface area contributed by atoms with Gasteiger partial charge in [-0.3, -0.25) is 0 Å². The first kappa shape index (κ1) is 12.9. The van der Waals surface area contributed by atoms with E-state index in [0.717, 1.165) is 23.2 Å². The Morgan fingerprint density at radius 3 is 2.82 bits per heavy atom. The van der Waals surface area contributed by atoms with Crippen molar-refractivity contribution in [1.29, 1.82) is 0 Å². The maximum absolute atomic E-state index is 5.60. The van der Waals surface area contributed by atoms with Crippen LogP contribution in [0.2, 0.25) is 0 Å². The Hall–Kier alpha value is -0.580. The van der Waals surface area contributed by atoms with E-state index in [4.69, 9.17) is 4.42 Å². The number of nitrogens with one attached hydrogen (secondary N) is 1. The van der Waals surface area contributed by atoms with Crippen LogP contribution in [0.15, 0.2) is 32.0 Å². The monoisotopic (exact) mass is 313 g/mol. The number of hydrogen-bond acceptors (Lipinski definition) is 3. The van der Waals surface area contributed by atoms with Crippen LogP contribution in [0.1, 0.15) is 36.3 Å². The molecular weight excluding hydrogens is 298 g/mol. The fourth-order valence-electron chi connectivity index (χ4n) is 1.81. The first-order chi connectivity index (χ1) is 8.24. The van der Waals surface area contributed by atoms with Gasteiger partial charge in [0.25, 0.3) is 0 Å². The highest BCUT2D eigenvalue weighted by atomic mass is 79.9. The summed E-state index contributed by atoms with van der Waals surface area (Å²) in [5.41, 5.74) is 2.62. The molecule has 0 fully saturated rings. The van der Waals surface area contributed by atoms with E-state index in [9.17, 15) is 0 Å². The van der Waals surface area contributed by atoms with Gasteiger partial charge in [-0.2, -0.15) is 11.3 Å². The highest BCUT2D eigenvalue weighted by Gasteiger charge is 2.21. The summed E-state index contributed by atoms with van der Waals surface area (Å²) in [6, 6.07) is 2.09. The molecule has 0 saturated heterocycles. The summed E-state index contributed by atoms with van der Waals surface area (Å²) in [5.74, 6) is 0.958. The summed E-state index contributed by atoms with van der Waals surface area (Å²) in [7, 11) is 0. The molecule has 2 aromatic heterocycles. The van der Waals surface area contributed by atoms with Crippen molar-refractivity contribution >= 4 is 27.3 Å². The summed E-state index contributed by atoms with van der Waals surface area (Å²) in [5, 5.41) is 7.90. The first-order valence-corrected chi connectivity index (χ1v) is 7.46. The van der Waals surface area contributed by atoms with Gasteiger partial charge in [-0.1, -0.05) is 6.92 Å². The van der Waals surface area contributed by atoms with E-state index in [1.54, 1.807) is 17.6 Å². The lowest BCUT2D eigenvalue weighted by Crippen LogP contribution is -2.23. The van der Waals surface area contributed by atoms with Gasteiger partial charge < -0.3 is 9.73 Å². The van der Waals surface area contributed by atoms with Crippen molar-refractivity contribution < 1.29 is 4.42 Å². The van der Waals surface area contributed by atoms with E-state index in [1.807, 2.05) is 6.07 Å². The van der Waals surface area contributed by atoms with Gasteiger partial charge in [-0.05, 0) is 63.8 Å². The maximum atomic E-state index is 5.60. The highest BCUT2D eigenvalue weighted by Crippen LogP contribution is 2.32. The predicted molar refractivity (Wildman–Crippen MR) is 75.6 cm³/mol. The normalized spacial score (nSPS) is 12.9. The van der Waals surface area contributed by atoms with Gasteiger partial charge in [-0.25, -0.2) is 0 Å². The van der Waals surface area contributed by atoms with Crippen LogP contribution >= 0.6 is 27.3 Å². The van der Waals surface area contributed by atoms with Crippen LogP contribution < -0.4 is 5.32 Å². The molecule has 1 N–H and O–H groups in total. The summed E-state index contributed by atoms with van der Waals surface area (Å²) < 4.78 is 6.62. The zero-order chi connectivity index (χ0) is 12.3. The molecule has 0 amide bonds. The number of thiophene rings is 1. The fraction of sp³-hybridized carbons (Fsp3) is 0.385. The van der Waals surface area contributed by atoms with Crippen LogP contribution in [0.3, 0.4) is 0 Å². The van der Waals surface area contributed by atoms with Crippen molar-refractivity contribution in [3.63, 3.8) is 0 Å². The van der Waals surface area contributed by atoms with Gasteiger partial charge in [-0.15, -0.1) is 0 Å². The zero-order valence-electron chi connectivity index (χ0n) is 10.00. The molecule has 2 heterocycles. The third-order valence-corrected chi connectivity index (χ3v) is 4.25. The minimum Gasteiger partial charge on any atom is -0.466 e. The smallest absolute Gasteiger partial charge is 0.139 e. The average molecular weight is 314 g/mol. The molecule has 2 aromatic rings. The van der Waals surface area contributed by atoms with Crippen molar-refractivity contribution in [1.82, 2.24) is 5.32 Å². The van der Waals surface area contributed by atoms with Gasteiger partial charge in [0.15, 0.2) is 0 Å². The molecule has 0 saturated carbocycles. The molecule has 0 aliphatic carbocycles. The maximum Gasteiger partial charge on any atom is 0.139 e. The van der Waals surface area contributed by atoms with Crippen molar-refractivity contribution in [3.8, 4) is 0 Å². The Labute approximate surface area is 114 Å². The van der Waals surface area contributed by atoms with Crippen molar-refractivity contribution in [3.05, 3.63) is 44.4 Å². The van der Waals surface area contributed by atoms with E-state index < -0.39 is 0 Å². The second-order valence-electron chi connectivity index (χ2n) is 4.03. The highest BCUT2D eigenvalue weighted by molar-refractivity contribution is 9.10. The largest absolute Gasteiger partial charge is 0.466 e. The summed E-state index contributed by atoms with van der Waals surface area (Å²) in [6.07, 6.45) is 2.83. The Morgan fingerprint density at radius 2 is 2.29 bits per heavy atom. The number of halogens is 1. The molecule has 0 aromatic carbocycles. The second-order valence-corrected chi connectivity index (χ2v) is 5.63. The summed E-state index contributed by atoms with van der Waals surface area (Å²) in [6.45, 7) is 5.29. The number of furan rings is 1. The lowest BCUT2D eigenvalue weighted by molar-refractivity contribution is 0.444. The van der Waals surface area contributed by atoms with Crippen LogP contribution in [0.4, 0.5) is 0 Å². The molecule has 1 atom stereocenters. The Morgan fingerprint density at radius 1 is 1.47 bits per heavy atom. The molecule has 92 valence electrons. The topological polar surface area (TPSA) is 25.2 Å². The van der Waals surface area contributed by atoms with E-state index in [1.165, 1.54) is 11.1 Å². The van der Waals surface area contributed by atoms with Crippen LogP contribution in [-0.4, -0.2) is 6.54 Å². The van der Waals surface area contributed by atoms with E-state index in [-0.39, 0.29) is 6.04 Å².